The molecule has 1 aromatic carbocycles. The molecule has 1 heterocycles. The largest absolute Gasteiger partial charge is 0.399 e. The third-order valence-corrected chi connectivity index (χ3v) is 3.30. The highest BCUT2D eigenvalue weighted by Crippen LogP contribution is 2.39. The van der Waals surface area contributed by atoms with Gasteiger partial charge in [-0.25, -0.2) is 0 Å². The minimum Gasteiger partial charge on any atom is -0.399 e. The van der Waals surface area contributed by atoms with E-state index < -0.39 is 0 Å². The molecule has 1 fully saturated rings. The zero-order valence-corrected chi connectivity index (χ0v) is 10.1. The maximum Gasteiger partial charge on any atom is 0.129 e. The van der Waals surface area contributed by atoms with Gasteiger partial charge in [0.05, 0.1) is 6.61 Å². The highest BCUT2D eigenvalue weighted by Gasteiger charge is 2.47. The predicted octanol–water partition coefficient (Wildman–Crippen LogP) is 1.84. The van der Waals surface area contributed by atoms with E-state index >= 15 is 0 Å². The Kier molecular flexibility index (Phi) is 3.17. The molecular formula is C13H20N2O. The van der Waals surface area contributed by atoms with Gasteiger partial charge < -0.3 is 15.4 Å². The van der Waals surface area contributed by atoms with Crippen LogP contribution in [0.2, 0.25) is 0 Å². The number of likely N-dealkylation sites (N-methyl/N-ethyl adjacent to an activating group) is 1. The zero-order valence-electron chi connectivity index (χ0n) is 10.1. The molecule has 3 heteroatoms. The number of benzene rings is 1. The fourth-order valence-electron chi connectivity index (χ4n) is 2.03. The Labute approximate surface area is 97.2 Å². The van der Waals surface area contributed by atoms with Crippen molar-refractivity contribution in [3.05, 3.63) is 29.8 Å². The molecule has 1 aromatic rings. The van der Waals surface area contributed by atoms with Crippen LogP contribution in [0.4, 0.5) is 5.69 Å². The maximum absolute atomic E-state index is 5.69. The molecule has 1 unspecified atom stereocenters. The van der Waals surface area contributed by atoms with Gasteiger partial charge in [0.2, 0.25) is 0 Å². The Balaban J connectivity index is 2.10. The molecule has 0 aromatic heterocycles. The first-order valence-electron chi connectivity index (χ1n) is 5.92. The molecule has 0 spiro atoms. The predicted molar refractivity (Wildman–Crippen MR) is 66.3 cm³/mol. The van der Waals surface area contributed by atoms with E-state index in [4.69, 9.17) is 10.5 Å². The van der Waals surface area contributed by atoms with Crippen molar-refractivity contribution in [2.75, 3.05) is 32.0 Å². The Morgan fingerprint density at radius 3 is 2.25 bits per heavy atom. The Morgan fingerprint density at radius 1 is 1.25 bits per heavy atom. The number of nitrogens with two attached hydrogens (primary N) is 1. The van der Waals surface area contributed by atoms with E-state index in [1.807, 2.05) is 12.1 Å². The van der Waals surface area contributed by atoms with Gasteiger partial charge in [-0.3, -0.25) is 0 Å². The van der Waals surface area contributed by atoms with Crippen LogP contribution in [0.5, 0.6) is 0 Å². The van der Waals surface area contributed by atoms with Gasteiger partial charge in [-0.15, -0.1) is 0 Å². The monoisotopic (exact) mass is 220 g/mol. The van der Waals surface area contributed by atoms with Crippen molar-refractivity contribution in [3.8, 4) is 0 Å². The average molecular weight is 220 g/mol. The third kappa shape index (κ3) is 2.20. The summed E-state index contributed by atoms with van der Waals surface area (Å²) < 4.78 is 5.67. The number of nitrogens with zero attached hydrogens (tertiary/aromatic N) is 1. The number of nitrogen functional groups attached to an aromatic ring is 1. The molecule has 3 nitrogen and oxygen atoms in total. The molecule has 0 saturated carbocycles. The quantitative estimate of drug-likeness (QED) is 0.608. The van der Waals surface area contributed by atoms with Gasteiger partial charge in [-0.1, -0.05) is 26.0 Å². The lowest BCUT2D eigenvalue weighted by atomic mass is 9.99. The van der Waals surface area contributed by atoms with Crippen molar-refractivity contribution < 1.29 is 4.74 Å². The lowest BCUT2D eigenvalue weighted by Crippen LogP contribution is -2.33. The van der Waals surface area contributed by atoms with Gasteiger partial charge in [0.25, 0.3) is 0 Å². The van der Waals surface area contributed by atoms with Crippen LogP contribution in [-0.4, -0.2) is 31.1 Å². The fourth-order valence-corrected chi connectivity index (χ4v) is 2.03. The lowest BCUT2D eigenvalue weighted by molar-refractivity contribution is 0.199. The summed E-state index contributed by atoms with van der Waals surface area (Å²) in [5.41, 5.74) is 7.67. The number of hydrogen-bond donors (Lipinski definition) is 1. The van der Waals surface area contributed by atoms with Crippen molar-refractivity contribution in [1.29, 1.82) is 0 Å². The number of epoxide rings is 1. The minimum atomic E-state index is -0.0697. The van der Waals surface area contributed by atoms with Crippen molar-refractivity contribution in [2.45, 2.75) is 19.4 Å². The van der Waals surface area contributed by atoms with Crippen LogP contribution in [0.1, 0.15) is 19.4 Å². The highest BCUT2D eigenvalue weighted by molar-refractivity contribution is 5.42. The molecule has 0 amide bonds. The highest BCUT2D eigenvalue weighted by atomic mass is 16.6. The van der Waals surface area contributed by atoms with Gasteiger partial charge >= 0.3 is 0 Å². The fraction of sp³-hybridized carbons (Fsp3) is 0.538. The van der Waals surface area contributed by atoms with Crippen molar-refractivity contribution in [2.24, 2.45) is 0 Å². The van der Waals surface area contributed by atoms with Crippen LogP contribution in [0.3, 0.4) is 0 Å². The molecule has 0 bridgehead atoms. The summed E-state index contributed by atoms with van der Waals surface area (Å²) in [6, 6.07) is 8.04. The second-order valence-corrected chi connectivity index (χ2v) is 4.37. The minimum absolute atomic E-state index is 0.0697. The molecule has 1 aliphatic heterocycles. The van der Waals surface area contributed by atoms with E-state index in [9.17, 15) is 0 Å². The number of anilines is 1. The standard InChI is InChI=1S/C13H20N2O/c1-3-15(4-2)9-13(10-16-13)11-5-7-12(14)8-6-11/h5-8H,3-4,9-10,14H2,1-2H3. The van der Waals surface area contributed by atoms with E-state index in [-0.39, 0.29) is 5.60 Å². The van der Waals surface area contributed by atoms with E-state index in [2.05, 4.69) is 30.9 Å². The normalized spacial score (nSPS) is 23.7. The second-order valence-electron chi connectivity index (χ2n) is 4.37. The van der Waals surface area contributed by atoms with Gasteiger partial charge in [-0.05, 0) is 30.8 Å². The van der Waals surface area contributed by atoms with Crippen molar-refractivity contribution in [1.82, 2.24) is 4.90 Å². The third-order valence-electron chi connectivity index (χ3n) is 3.30. The molecule has 2 rings (SSSR count). The summed E-state index contributed by atoms with van der Waals surface area (Å²) in [4.78, 5) is 2.39. The van der Waals surface area contributed by atoms with Crippen LogP contribution in [0, 0.1) is 0 Å². The molecule has 1 aliphatic rings. The molecule has 2 N–H and O–H groups in total. The van der Waals surface area contributed by atoms with Gasteiger partial charge in [0.1, 0.15) is 5.60 Å². The van der Waals surface area contributed by atoms with Crippen LogP contribution in [-0.2, 0) is 10.3 Å². The first kappa shape index (κ1) is 11.4. The second kappa shape index (κ2) is 4.44. The smallest absolute Gasteiger partial charge is 0.129 e. The molecule has 0 radical (unpaired) electrons. The molecule has 1 atom stereocenters. The van der Waals surface area contributed by atoms with E-state index in [0.29, 0.717) is 0 Å². The summed E-state index contributed by atoms with van der Waals surface area (Å²) >= 11 is 0. The first-order valence-corrected chi connectivity index (χ1v) is 5.92. The Hall–Kier alpha value is -1.06. The van der Waals surface area contributed by atoms with Gasteiger partial charge in [-0.2, -0.15) is 0 Å². The summed E-state index contributed by atoms with van der Waals surface area (Å²) in [6.45, 7) is 8.30. The van der Waals surface area contributed by atoms with Crippen molar-refractivity contribution >= 4 is 5.69 Å². The van der Waals surface area contributed by atoms with E-state index in [1.165, 1.54) is 5.56 Å². The first-order chi connectivity index (χ1) is 7.70. The SMILES string of the molecule is CCN(CC)CC1(c2ccc(N)cc2)CO1. The van der Waals surface area contributed by atoms with Crippen LogP contribution < -0.4 is 5.73 Å². The van der Waals surface area contributed by atoms with Crippen LogP contribution in [0.25, 0.3) is 0 Å². The number of hydrogen-bond acceptors (Lipinski definition) is 3. The summed E-state index contributed by atoms with van der Waals surface area (Å²) in [7, 11) is 0. The van der Waals surface area contributed by atoms with E-state index in [0.717, 1.165) is 31.9 Å². The summed E-state index contributed by atoms with van der Waals surface area (Å²) in [5.74, 6) is 0. The molecule has 88 valence electrons. The van der Waals surface area contributed by atoms with E-state index in [1.54, 1.807) is 0 Å². The summed E-state index contributed by atoms with van der Waals surface area (Å²) in [5, 5.41) is 0. The molecular weight excluding hydrogens is 200 g/mol. The molecule has 16 heavy (non-hydrogen) atoms. The van der Waals surface area contributed by atoms with Crippen LogP contribution >= 0.6 is 0 Å². The lowest BCUT2D eigenvalue weighted by Gasteiger charge is -2.23. The van der Waals surface area contributed by atoms with Crippen LogP contribution in [0.15, 0.2) is 24.3 Å². The number of ether oxygens (including phenoxy) is 1. The average Bonchev–Trinajstić information content (AvgIpc) is 3.08. The molecule has 0 aliphatic carbocycles. The van der Waals surface area contributed by atoms with Gasteiger partial charge in [0.15, 0.2) is 0 Å². The topological polar surface area (TPSA) is 41.8 Å². The Morgan fingerprint density at radius 2 is 1.81 bits per heavy atom. The number of rotatable bonds is 5. The Bertz CT molecular complexity index is 339. The summed E-state index contributed by atoms with van der Waals surface area (Å²) in [6.07, 6.45) is 0. The maximum atomic E-state index is 5.69. The van der Waals surface area contributed by atoms with Gasteiger partial charge in [0, 0.05) is 12.2 Å². The van der Waals surface area contributed by atoms with Crippen molar-refractivity contribution in [3.63, 3.8) is 0 Å². The molecule has 1 saturated heterocycles. The zero-order chi connectivity index (χ0) is 11.6.